The number of ether oxygens (including phenoxy) is 6. The SMILES string of the molecule is C=CCOCC(CO)Oc1c(Cl)c(C)c(-c2c(C3=CCCC3)sc3ncnc(OC(Cc4cc(O[Si](C)(C)C(C)(C)C)ccc4OCOCC[Si](C)(C)C)C(=O)OC(C)(C)C)c23)c(C)c1Cl. The van der Waals surface area contributed by atoms with Gasteiger partial charge in [0.15, 0.2) is 12.5 Å². The van der Waals surface area contributed by atoms with Crippen LogP contribution in [0.5, 0.6) is 23.1 Å². The number of halogens is 2. The second-order valence-corrected chi connectivity index (χ2v) is 32.7. The van der Waals surface area contributed by atoms with E-state index in [0.717, 1.165) is 41.3 Å². The molecule has 2 atom stereocenters. The Kier molecular flexibility index (Phi) is 18.1. The Morgan fingerprint density at radius 1 is 0.985 bits per heavy atom. The van der Waals surface area contributed by atoms with E-state index in [1.807, 2.05) is 52.8 Å². The summed E-state index contributed by atoms with van der Waals surface area (Å²) in [5, 5.41) is 11.3. The minimum atomic E-state index is -2.26. The van der Waals surface area contributed by atoms with E-state index in [-0.39, 0.29) is 53.1 Å². The Bertz CT molecular complexity index is 2360. The Balaban J connectivity index is 1.66. The Labute approximate surface area is 408 Å². The van der Waals surface area contributed by atoms with Crippen LogP contribution in [0.25, 0.3) is 26.9 Å². The maximum absolute atomic E-state index is 14.5. The summed E-state index contributed by atoms with van der Waals surface area (Å²) in [6.45, 7) is 31.6. The number of aliphatic hydroxyl groups is 1. The molecular weight excluding hydrogens is 932 g/mol. The first-order chi connectivity index (χ1) is 30.9. The van der Waals surface area contributed by atoms with Crippen LogP contribution in [0.1, 0.15) is 82.4 Å². The summed E-state index contributed by atoms with van der Waals surface area (Å²) < 4.78 is 43.8. The van der Waals surface area contributed by atoms with E-state index in [0.29, 0.717) is 51.6 Å². The van der Waals surface area contributed by atoms with E-state index in [2.05, 4.69) is 66.2 Å². The standard InChI is InChI=1S/C50H70Cl2N2O9SSi2/c1-15-22-57-28-36(27-55)60-44-42(51)31(2)39(32(3)43(44)52)40-41-46(53-29-54-47(41)64-45(40)33-18-16-17-19-33)61-38(48(56)62-49(4,5)6)26-34-25-35(63-66(13,14)50(7,8)9)20-21-37(34)59-30-58-23-24-65(10,11)12/h15,18,20-21,25,29,36,38,55H,1,16-17,19,22-24,26-28,30H2,2-14H3. The lowest BCUT2D eigenvalue weighted by Gasteiger charge is -2.36. The highest BCUT2D eigenvalue weighted by atomic mass is 35.5. The molecule has 0 saturated carbocycles. The fraction of sp³-hybridized carbons (Fsp3) is 0.540. The number of esters is 1. The average Bonchev–Trinajstić information content (AvgIpc) is 3.89. The molecule has 0 saturated heterocycles. The Morgan fingerprint density at radius 3 is 2.27 bits per heavy atom. The zero-order chi connectivity index (χ0) is 48.8. The van der Waals surface area contributed by atoms with Gasteiger partial charge < -0.3 is 38.0 Å². The van der Waals surface area contributed by atoms with Crippen LogP contribution < -0.4 is 18.6 Å². The molecule has 2 aromatic carbocycles. The third kappa shape index (κ3) is 13.6. The number of nitrogens with zero attached hydrogens (tertiary/aromatic N) is 2. The number of fused-ring (bicyclic) bond motifs is 1. The number of thiophene rings is 1. The van der Waals surface area contributed by atoms with Gasteiger partial charge in [-0.3, -0.25) is 0 Å². The van der Waals surface area contributed by atoms with E-state index in [1.54, 1.807) is 6.08 Å². The Morgan fingerprint density at radius 2 is 1.68 bits per heavy atom. The molecule has 0 radical (unpaired) electrons. The lowest BCUT2D eigenvalue weighted by atomic mass is 9.91. The second kappa shape index (κ2) is 22.3. The number of aliphatic hydroxyl groups excluding tert-OH is 1. The van der Waals surface area contributed by atoms with Gasteiger partial charge in [0.1, 0.15) is 34.4 Å². The van der Waals surface area contributed by atoms with Crippen molar-refractivity contribution in [3.05, 3.63) is 74.9 Å². The topological polar surface area (TPSA) is 128 Å². The summed E-state index contributed by atoms with van der Waals surface area (Å²) in [6, 6.07) is 6.71. The molecule has 1 aliphatic rings. The van der Waals surface area contributed by atoms with Crippen LogP contribution in [0, 0.1) is 13.8 Å². The second-order valence-electron chi connectivity index (χ2n) is 20.6. The molecule has 16 heteroatoms. The summed E-state index contributed by atoms with van der Waals surface area (Å²) in [5.74, 6) is 1.08. The van der Waals surface area contributed by atoms with Crippen molar-refractivity contribution >= 4 is 72.7 Å². The minimum Gasteiger partial charge on any atom is -0.543 e. The van der Waals surface area contributed by atoms with Crippen molar-refractivity contribution in [1.29, 1.82) is 0 Å². The number of carbonyl (C=O) groups is 1. The van der Waals surface area contributed by atoms with Gasteiger partial charge in [-0.2, -0.15) is 0 Å². The third-order valence-corrected chi connectivity index (χ3v) is 19.9. The van der Waals surface area contributed by atoms with Crippen molar-refractivity contribution < 1.29 is 42.7 Å². The van der Waals surface area contributed by atoms with Crippen LogP contribution in [0.15, 0.2) is 43.3 Å². The van der Waals surface area contributed by atoms with Crippen LogP contribution in [-0.4, -0.2) is 88.5 Å². The maximum Gasteiger partial charge on any atom is 0.348 e. The number of benzene rings is 2. The van der Waals surface area contributed by atoms with Crippen molar-refractivity contribution in [3.8, 4) is 34.3 Å². The van der Waals surface area contributed by atoms with Crippen LogP contribution in [0.4, 0.5) is 0 Å². The quantitative estimate of drug-likeness (QED) is 0.0266. The van der Waals surface area contributed by atoms with Gasteiger partial charge >= 0.3 is 5.97 Å². The molecule has 0 fully saturated rings. The number of hydrogen-bond acceptors (Lipinski definition) is 12. The summed E-state index contributed by atoms with van der Waals surface area (Å²) in [5.41, 5.74) is 3.98. The highest BCUT2D eigenvalue weighted by molar-refractivity contribution is 7.20. The lowest BCUT2D eigenvalue weighted by molar-refractivity contribution is -0.163. The van der Waals surface area contributed by atoms with Gasteiger partial charge in [0.2, 0.25) is 20.3 Å². The van der Waals surface area contributed by atoms with Gasteiger partial charge in [0.05, 0.1) is 35.3 Å². The van der Waals surface area contributed by atoms with Gasteiger partial charge in [-0.05, 0) is 119 Å². The largest absolute Gasteiger partial charge is 0.543 e. The normalized spacial score (nSPS) is 14.5. The molecule has 66 heavy (non-hydrogen) atoms. The van der Waals surface area contributed by atoms with Crippen molar-refractivity contribution in [2.24, 2.45) is 0 Å². The number of aromatic nitrogens is 2. The summed E-state index contributed by atoms with van der Waals surface area (Å²) in [4.78, 5) is 25.7. The van der Waals surface area contributed by atoms with Crippen LogP contribution >= 0.6 is 34.5 Å². The number of carbonyl (C=O) groups excluding carboxylic acids is 1. The van der Waals surface area contributed by atoms with Crippen molar-refractivity contribution in [2.75, 3.05) is 33.2 Å². The predicted molar refractivity (Wildman–Crippen MR) is 275 cm³/mol. The first-order valence-corrected chi connectivity index (χ1v) is 30.9. The summed E-state index contributed by atoms with van der Waals surface area (Å²) >= 11 is 15.9. The Hall–Kier alpha value is -3.48. The number of allylic oxidation sites excluding steroid dienone is 2. The van der Waals surface area contributed by atoms with Crippen LogP contribution in [0.2, 0.25) is 53.9 Å². The fourth-order valence-electron chi connectivity index (χ4n) is 7.11. The van der Waals surface area contributed by atoms with E-state index in [9.17, 15) is 9.90 Å². The molecule has 0 bridgehead atoms. The molecule has 11 nitrogen and oxygen atoms in total. The fourth-order valence-corrected chi connectivity index (χ4v) is 10.6. The molecule has 5 rings (SSSR count). The van der Waals surface area contributed by atoms with E-state index >= 15 is 0 Å². The van der Waals surface area contributed by atoms with Gasteiger partial charge in [0, 0.05) is 37.1 Å². The smallest absolute Gasteiger partial charge is 0.348 e. The average molecular weight is 1000 g/mol. The van der Waals surface area contributed by atoms with E-state index in [4.69, 9.17) is 66.0 Å². The molecule has 0 aliphatic heterocycles. The van der Waals surface area contributed by atoms with Gasteiger partial charge in [0.25, 0.3) is 0 Å². The summed E-state index contributed by atoms with van der Waals surface area (Å²) in [7, 11) is -3.58. The van der Waals surface area contributed by atoms with Crippen molar-refractivity contribution in [1.82, 2.24) is 9.97 Å². The first-order valence-electron chi connectivity index (χ1n) is 22.7. The molecule has 0 spiro atoms. The number of hydrogen-bond donors (Lipinski definition) is 1. The molecule has 1 aliphatic carbocycles. The molecule has 362 valence electrons. The highest BCUT2D eigenvalue weighted by Gasteiger charge is 2.39. The third-order valence-electron chi connectivity index (χ3n) is 11.7. The van der Waals surface area contributed by atoms with Crippen molar-refractivity contribution in [3.63, 3.8) is 0 Å². The van der Waals surface area contributed by atoms with E-state index < -0.39 is 40.2 Å². The minimum absolute atomic E-state index is 0.0404. The first kappa shape index (κ1) is 53.5. The molecule has 2 heterocycles. The lowest BCUT2D eigenvalue weighted by Crippen LogP contribution is -2.43. The zero-order valence-electron chi connectivity index (χ0n) is 41.2. The summed E-state index contributed by atoms with van der Waals surface area (Å²) in [6.07, 6.45) is 6.29. The van der Waals surface area contributed by atoms with Gasteiger partial charge in [-0.15, -0.1) is 17.9 Å². The highest BCUT2D eigenvalue weighted by Crippen LogP contribution is 2.53. The zero-order valence-corrected chi connectivity index (χ0v) is 45.5. The number of rotatable bonds is 22. The molecule has 2 unspecified atom stereocenters. The monoisotopic (exact) mass is 1000 g/mol. The predicted octanol–water partition coefficient (Wildman–Crippen LogP) is 13.2. The van der Waals surface area contributed by atoms with Gasteiger partial charge in [-0.25, -0.2) is 14.8 Å². The molecule has 1 N–H and O–H groups in total. The molecular formula is C50H70Cl2N2O9SSi2. The molecule has 0 amide bonds. The van der Waals surface area contributed by atoms with Crippen molar-refractivity contribution in [2.45, 2.75) is 143 Å². The van der Waals surface area contributed by atoms with E-state index in [1.165, 1.54) is 23.2 Å². The van der Waals surface area contributed by atoms with Gasteiger partial charge in [-0.1, -0.05) is 75.8 Å². The van der Waals surface area contributed by atoms with Crippen LogP contribution in [0.3, 0.4) is 0 Å². The maximum atomic E-state index is 14.5. The molecule has 2 aromatic heterocycles. The molecule has 4 aromatic rings. The van der Waals surface area contributed by atoms with Crippen LogP contribution in [-0.2, 0) is 25.4 Å².